The van der Waals surface area contributed by atoms with E-state index in [4.69, 9.17) is 4.98 Å². The maximum atomic E-state index is 13.3. The van der Waals surface area contributed by atoms with E-state index in [1.165, 1.54) is 17.3 Å². The van der Waals surface area contributed by atoms with Gasteiger partial charge in [0.05, 0.1) is 22.3 Å². The van der Waals surface area contributed by atoms with Crippen LogP contribution in [-0.2, 0) is 4.79 Å². The minimum atomic E-state index is -0.106. The summed E-state index contributed by atoms with van der Waals surface area (Å²) in [6.45, 7) is 6.02. The molecule has 29 heavy (non-hydrogen) atoms. The van der Waals surface area contributed by atoms with Crippen LogP contribution in [0.1, 0.15) is 38.2 Å². The Balaban J connectivity index is 1.74. The second-order valence-electron chi connectivity index (χ2n) is 7.48. The van der Waals surface area contributed by atoms with Crippen LogP contribution in [0.25, 0.3) is 16.6 Å². The third-order valence-corrected chi connectivity index (χ3v) is 6.53. The molecule has 2 heterocycles. The molecule has 1 aliphatic heterocycles. The van der Waals surface area contributed by atoms with Crippen LogP contribution in [0.4, 0.5) is 0 Å². The lowest BCUT2D eigenvalue weighted by Gasteiger charge is -2.30. The number of hydrogen-bond donors (Lipinski definition) is 0. The molecule has 4 rings (SSSR count). The normalized spacial score (nSPS) is 14.6. The summed E-state index contributed by atoms with van der Waals surface area (Å²) in [6.07, 6.45) is 2.13. The molecule has 150 valence electrons. The zero-order chi connectivity index (χ0) is 20.4. The lowest BCUT2D eigenvalue weighted by atomic mass is 9.98. The summed E-state index contributed by atoms with van der Waals surface area (Å²) in [7, 11) is 0. The number of thioether (sulfide) groups is 1. The van der Waals surface area contributed by atoms with Crippen LogP contribution in [0.5, 0.6) is 0 Å². The van der Waals surface area contributed by atoms with Crippen molar-refractivity contribution in [2.45, 2.75) is 37.8 Å². The number of para-hydroxylation sites is 1. The Morgan fingerprint density at radius 2 is 1.86 bits per heavy atom. The predicted octanol–water partition coefficient (Wildman–Crippen LogP) is 4.22. The Bertz CT molecular complexity index is 1090. The summed E-state index contributed by atoms with van der Waals surface area (Å²) in [5, 5.41) is 1.13. The number of aromatic nitrogens is 2. The molecule has 0 unspecified atom stereocenters. The number of amides is 1. The molecule has 1 amide bonds. The SMILES string of the molecule is CC[C@H](C)c1ccc(-n2c(SCC(=O)N3CCC3)nc3ccccc3c2=O)cc1. The standard InChI is InChI=1S/C23H25N3O2S/c1-3-16(2)17-9-11-18(12-10-17)26-22(28)19-7-4-5-8-20(19)24-23(26)29-15-21(27)25-13-6-14-25/h4-5,7-12,16H,3,6,13-15H2,1-2H3/t16-/m0/s1. The lowest BCUT2D eigenvalue weighted by molar-refractivity contribution is -0.131. The monoisotopic (exact) mass is 407 g/mol. The molecule has 2 aromatic carbocycles. The van der Waals surface area contributed by atoms with Gasteiger partial charge in [-0.15, -0.1) is 0 Å². The van der Waals surface area contributed by atoms with E-state index in [0.717, 1.165) is 31.6 Å². The van der Waals surface area contributed by atoms with Crippen LogP contribution in [0.3, 0.4) is 0 Å². The number of benzene rings is 2. The van der Waals surface area contributed by atoms with E-state index in [9.17, 15) is 9.59 Å². The van der Waals surface area contributed by atoms with E-state index >= 15 is 0 Å². The van der Waals surface area contributed by atoms with Crippen LogP contribution >= 0.6 is 11.8 Å². The van der Waals surface area contributed by atoms with Crippen molar-refractivity contribution in [1.82, 2.24) is 14.5 Å². The Morgan fingerprint density at radius 3 is 2.52 bits per heavy atom. The lowest BCUT2D eigenvalue weighted by Crippen LogP contribution is -2.43. The van der Waals surface area contributed by atoms with Crippen molar-refractivity contribution in [3.05, 3.63) is 64.4 Å². The van der Waals surface area contributed by atoms with E-state index in [1.807, 2.05) is 35.2 Å². The van der Waals surface area contributed by atoms with Gasteiger partial charge in [-0.05, 0) is 48.6 Å². The summed E-state index contributed by atoms with van der Waals surface area (Å²) in [4.78, 5) is 32.2. The molecule has 0 saturated carbocycles. The predicted molar refractivity (Wildman–Crippen MR) is 118 cm³/mol. The number of hydrogen-bond acceptors (Lipinski definition) is 4. The van der Waals surface area contributed by atoms with E-state index in [0.29, 0.717) is 22.0 Å². The van der Waals surface area contributed by atoms with Crippen LogP contribution in [0.2, 0.25) is 0 Å². The molecule has 1 atom stereocenters. The van der Waals surface area contributed by atoms with Gasteiger partial charge >= 0.3 is 0 Å². The van der Waals surface area contributed by atoms with Gasteiger partial charge in [0, 0.05) is 13.1 Å². The van der Waals surface area contributed by atoms with Gasteiger partial charge < -0.3 is 4.90 Å². The number of carbonyl (C=O) groups is 1. The summed E-state index contributed by atoms with van der Waals surface area (Å²) in [5.41, 5.74) is 2.58. The number of carbonyl (C=O) groups excluding carboxylic acids is 1. The molecule has 6 heteroatoms. The molecule has 0 aliphatic carbocycles. The van der Waals surface area contributed by atoms with Gasteiger partial charge in [0.15, 0.2) is 5.16 Å². The van der Waals surface area contributed by atoms with Gasteiger partial charge in [0.1, 0.15) is 0 Å². The number of likely N-dealkylation sites (tertiary alicyclic amines) is 1. The van der Waals surface area contributed by atoms with Crippen molar-refractivity contribution < 1.29 is 4.79 Å². The zero-order valence-corrected chi connectivity index (χ0v) is 17.6. The highest BCUT2D eigenvalue weighted by Crippen LogP contribution is 2.24. The zero-order valence-electron chi connectivity index (χ0n) is 16.8. The Morgan fingerprint density at radius 1 is 1.14 bits per heavy atom. The molecule has 1 saturated heterocycles. The van der Waals surface area contributed by atoms with Crippen molar-refractivity contribution in [1.29, 1.82) is 0 Å². The van der Waals surface area contributed by atoms with Crippen molar-refractivity contribution >= 4 is 28.6 Å². The Labute approximate surface area is 174 Å². The largest absolute Gasteiger partial charge is 0.342 e. The minimum absolute atomic E-state index is 0.0994. The van der Waals surface area contributed by atoms with Gasteiger partial charge in [-0.25, -0.2) is 4.98 Å². The second kappa shape index (κ2) is 8.41. The van der Waals surface area contributed by atoms with Gasteiger partial charge in [-0.2, -0.15) is 0 Å². The molecule has 3 aromatic rings. The average molecular weight is 408 g/mol. The Hall–Kier alpha value is -2.60. The smallest absolute Gasteiger partial charge is 0.266 e. The van der Waals surface area contributed by atoms with Gasteiger partial charge in [0.25, 0.3) is 5.56 Å². The molecule has 0 N–H and O–H groups in total. The molecule has 0 radical (unpaired) electrons. The summed E-state index contributed by atoms with van der Waals surface area (Å²) >= 11 is 1.33. The molecule has 5 nitrogen and oxygen atoms in total. The Kier molecular flexibility index (Phi) is 5.72. The molecular formula is C23H25N3O2S. The fourth-order valence-electron chi connectivity index (χ4n) is 3.41. The fraction of sp³-hybridized carbons (Fsp3) is 0.348. The van der Waals surface area contributed by atoms with Crippen LogP contribution in [-0.4, -0.2) is 39.2 Å². The first-order valence-corrected chi connectivity index (χ1v) is 11.1. The summed E-state index contributed by atoms with van der Waals surface area (Å²) in [5.74, 6) is 0.858. The minimum Gasteiger partial charge on any atom is -0.342 e. The van der Waals surface area contributed by atoms with E-state index in [-0.39, 0.29) is 17.2 Å². The summed E-state index contributed by atoms with van der Waals surface area (Å²) in [6, 6.07) is 15.5. The maximum absolute atomic E-state index is 13.3. The summed E-state index contributed by atoms with van der Waals surface area (Å²) < 4.78 is 1.64. The van der Waals surface area contributed by atoms with Gasteiger partial charge in [0.2, 0.25) is 5.91 Å². The van der Waals surface area contributed by atoms with Crippen LogP contribution in [0.15, 0.2) is 58.5 Å². The molecule has 0 bridgehead atoms. The quantitative estimate of drug-likeness (QED) is 0.453. The van der Waals surface area contributed by atoms with E-state index in [2.05, 4.69) is 26.0 Å². The van der Waals surface area contributed by atoms with Crippen molar-refractivity contribution in [3.8, 4) is 5.69 Å². The van der Waals surface area contributed by atoms with Crippen LogP contribution < -0.4 is 5.56 Å². The van der Waals surface area contributed by atoms with Crippen molar-refractivity contribution in [3.63, 3.8) is 0 Å². The third-order valence-electron chi connectivity index (χ3n) is 5.61. The van der Waals surface area contributed by atoms with E-state index in [1.54, 1.807) is 10.6 Å². The second-order valence-corrected chi connectivity index (χ2v) is 8.42. The van der Waals surface area contributed by atoms with Gasteiger partial charge in [-0.3, -0.25) is 14.2 Å². The number of fused-ring (bicyclic) bond motifs is 1. The first-order chi connectivity index (χ1) is 14.1. The molecule has 0 spiro atoms. The van der Waals surface area contributed by atoms with E-state index < -0.39 is 0 Å². The number of nitrogens with zero attached hydrogens (tertiary/aromatic N) is 3. The topological polar surface area (TPSA) is 55.2 Å². The highest BCUT2D eigenvalue weighted by Gasteiger charge is 2.21. The molecular weight excluding hydrogens is 382 g/mol. The first-order valence-electron chi connectivity index (χ1n) is 10.1. The fourth-order valence-corrected chi connectivity index (χ4v) is 4.32. The van der Waals surface area contributed by atoms with Gasteiger partial charge in [-0.1, -0.05) is 49.9 Å². The van der Waals surface area contributed by atoms with Crippen molar-refractivity contribution in [2.24, 2.45) is 0 Å². The number of rotatable bonds is 6. The maximum Gasteiger partial charge on any atom is 0.266 e. The van der Waals surface area contributed by atoms with Crippen molar-refractivity contribution in [2.75, 3.05) is 18.8 Å². The first kappa shape index (κ1) is 19.7. The average Bonchev–Trinajstić information content (AvgIpc) is 2.71. The highest BCUT2D eigenvalue weighted by atomic mass is 32.2. The van der Waals surface area contributed by atoms with Crippen LogP contribution in [0, 0.1) is 0 Å². The highest BCUT2D eigenvalue weighted by molar-refractivity contribution is 7.99. The molecule has 1 fully saturated rings. The third kappa shape index (κ3) is 3.94. The molecule has 1 aliphatic rings. The molecule has 1 aromatic heterocycles.